The summed E-state index contributed by atoms with van der Waals surface area (Å²) in [6.07, 6.45) is 2.03. The Morgan fingerprint density at radius 1 is 1.39 bits per heavy atom. The van der Waals surface area contributed by atoms with Crippen LogP contribution in [0.3, 0.4) is 0 Å². The van der Waals surface area contributed by atoms with Crippen LogP contribution in [0.15, 0.2) is 24.3 Å². The number of carbonyl (C=O) groups is 1. The maximum atomic E-state index is 12.2. The normalized spacial score (nSPS) is 16.6. The van der Waals surface area contributed by atoms with E-state index < -0.39 is 0 Å². The van der Waals surface area contributed by atoms with Crippen LogP contribution in [0.4, 0.5) is 0 Å². The second-order valence-electron chi connectivity index (χ2n) is 6.16. The molecule has 1 aliphatic heterocycles. The lowest BCUT2D eigenvalue weighted by atomic mass is 10.0. The number of nitrogens with zero attached hydrogens (tertiary/aromatic N) is 2. The van der Waals surface area contributed by atoms with E-state index >= 15 is 0 Å². The number of nitrogens with one attached hydrogen (secondary N) is 1. The molecule has 0 aliphatic carbocycles. The predicted octanol–water partition coefficient (Wildman–Crippen LogP) is 2.09. The van der Waals surface area contributed by atoms with E-state index in [1.807, 2.05) is 43.8 Å². The fourth-order valence-corrected chi connectivity index (χ4v) is 3.14. The van der Waals surface area contributed by atoms with E-state index in [0.29, 0.717) is 13.0 Å². The third-order valence-electron chi connectivity index (χ3n) is 4.50. The number of carbonyl (C=O) groups excluding carboxylic acids is 1. The molecule has 0 bridgehead atoms. The molecule has 0 fully saturated rings. The van der Waals surface area contributed by atoms with Gasteiger partial charge in [0.25, 0.3) is 0 Å². The molecule has 1 N–H and O–H groups in total. The maximum absolute atomic E-state index is 12.2. The molecule has 2 heterocycles. The molecule has 0 radical (unpaired) electrons. The van der Waals surface area contributed by atoms with Gasteiger partial charge in [0.2, 0.25) is 5.91 Å². The van der Waals surface area contributed by atoms with Gasteiger partial charge >= 0.3 is 0 Å². The highest BCUT2D eigenvalue weighted by Crippen LogP contribution is 2.24. The van der Waals surface area contributed by atoms with Crippen molar-refractivity contribution in [2.45, 2.75) is 39.2 Å². The van der Waals surface area contributed by atoms with Crippen LogP contribution in [0.25, 0.3) is 0 Å². The van der Waals surface area contributed by atoms with E-state index in [4.69, 9.17) is 4.74 Å². The van der Waals surface area contributed by atoms with Crippen LogP contribution in [0.5, 0.6) is 5.75 Å². The quantitative estimate of drug-likeness (QED) is 0.940. The van der Waals surface area contributed by atoms with Gasteiger partial charge in [-0.1, -0.05) is 18.2 Å². The summed E-state index contributed by atoms with van der Waals surface area (Å²) in [6.45, 7) is 4.57. The Balaban J connectivity index is 1.54. The highest BCUT2D eigenvalue weighted by molar-refractivity contribution is 5.76. The molecule has 0 saturated carbocycles. The van der Waals surface area contributed by atoms with Crippen molar-refractivity contribution < 1.29 is 9.53 Å². The average Bonchev–Trinajstić information content (AvgIpc) is 2.78. The molecule has 0 spiro atoms. The Morgan fingerprint density at radius 2 is 2.17 bits per heavy atom. The Hall–Kier alpha value is -2.30. The number of hydrogen-bond acceptors (Lipinski definition) is 3. The van der Waals surface area contributed by atoms with Gasteiger partial charge in [-0.05, 0) is 43.9 Å². The van der Waals surface area contributed by atoms with Crippen LogP contribution in [0.2, 0.25) is 0 Å². The lowest BCUT2D eigenvalue weighted by molar-refractivity contribution is -0.122. The summed E-state index contributed by atoms with van der Waals surface area (Å²) in [5, 5.41) is 7.48. The highest BCUT2D eigenvalue weighted by atomic mass is 16.5. The number of para-hydroxylation sites is 1. The molecule has 3 rings (SSSR count). The molecule has 23 heavy (non-hydrogen) atoms. The minimum atomic E-state index is 0.0495. The van der Waals surface area contributed by atoms with E-state index in [1.54, 1.807) is 0 Å². The predicted molar refractivity (Wildman–Crippen MR) is 88.6 cm³/mol. The Morgan fingerprint density at radius 3 is 2.91 bits per heavy atom. The topological polar surface area (TPSA) is 56.2 Å². The molecule has 5 nitrogen and oxygen atoms in total. The molecule has 1 aromatic carbocycles. The zero-order chi connectivity index (χ0) is 16.4. The van der Waals surface area contributed by atoms with Gasteiger partial charge in [0, 0.05) is 19.2 Å². The van der Waals surface area contributed by atoms with Crippen molar-refractivity contribution >= 4 is 5.91 Å². The molecule has 1 aromatic heterocycles. The average molecular weight is 313 g/mol. The van der Waals surface area contributed by atoms with E-state index in [0.717, 1.165) is 35.5 Å². The molecule has 1 aliphatic rings. The van der Waals surface area contributed by atoms with E-state index in [2.05, 4.69) is 16.5 Å². The number of benzene rings is 1. The smallest absolute Gasteiger partial charge is 0.220 e. The molecule has 1 atom stereocenters. The van der Waals surface area contributed by atoms with Crippen molar-refractivity contribution in [2.24, 2.45) is 7.05 Å². The third-order valence-corrected chi connectivity index (χ3v) is 4.50. The highest BCUT2D eigenvalue weighted by Gasteiger charge is 2.21. The molecule has 1 unspecified atom stereocenters. The summed E-state index contributed by atoms with van der Waals surface area (Å²) in [5.41, 5.74) is 4.47. The van der Waals surface area contributed by atoms with Crippen LogP contribution in [0.1, 0.15) is 28.9 Å². The first kappa shape index (κ1) is 15.6. The first-order chi connectivity index (χ1) is 11.0. The molecule has 122 valence electrons. The lowest BCUT2D eigenvalue weighted by Gasteiger charge is -2.26. The van der Waals surface area contributed by atoms with Gasteiger partial charge in [-0.3, -0.25) is 9.48 Å². The van der Waals surface area contributed by atoms with Gasteiger partial charge in [-0.15, -0.1) is 0 Å². The second-order valence-corrected chi connectivity index (χ2v) is 6.16. The van der Waals surface area contributed by atoms with Crippen LogP contribution in [-0.2, 0) is 24.7 Å². The summed E-state index contributed by atoms with van der Waals surface area (Å²) in [5.74, 6) is 1.00. The number of fused-ring (bicyclic) bond motifs is 1. The SMILES string of the molecule is Cc1nn(C)c(C)c1CCC(=O)NC1COc2ccccc2C1. The van der Waals surface area contributed by atoms with E-state index in [1.165, 1.54) is 5.56 Å². The molecular weight excluding hydrogens is 290 g/mol. The minimum absolute atomic E-state index is 0.0495. The molecule has 1 amide bonds. The van der Waals surface area contributed by atoms with E-state index in [-0.39, 0.29) is 11.9 Å². The van der Waals surface area contributed by atoms with Crippen molar-refractivity contribution in [3.63, 3.8) is 0 Å². The zero-order valence-electron chi connectivity index (χ0n) is 13.9. The zero-order valence-corrected chi connectivity index (χ0v) is 13.9. The van der Waals surface area contributed by atoms with Gasteiger partial charge in [-0.25, -0.2) is 0 Å². The van der Waals surface area contributed by atoms with Gasteiger partial charge < -0.3 is 10.1 Å². The van der Waals surface area contributed by atoms with Crippen molar-refractivity contribution in [1.82, 2.24) is 15.1 Å². The molecule has 5 heteroatoms. The van der Waals surface area contributed by atoms with Gasteiger partial charge in [0.1, 0.15) is 12.4 Å². The van der Waals surface area contributed by atoms with E-state index in [9.17, 15) is 4.79 Å². The van der Waals surface area contributed by atoms with Gasteiger partial charge in [0.05, 0.1) is 11.7 Å². The third kappa shape index (κ3) is 3.38. The Kier molecular flexibility index (Phi) is 4.37. The summed E-state index contributed by atoms with van der Waals surface area (Å²) in [7, 11) is 1.93. The second kappa shape index (κ2) is 6.44. The van der Waals surface area contributed by atoms with Crippen LogP contribution in [-0.4, -0.2) is 28.3 Å². The first-order valence-electron chi connectivity index (χ1n) is 8.03. The van der Waals surface area contributed by atoms with Gasteiger partial charge in [-0.2, -0.15) is 5.10 Å². The van der Waals surface area contributed by atoms with Gasteiger partial charge in [0.15, 0.2) is 0 Å². The standard InChI is InChI=1S/C18H23N3O2/c1-12-16(13(2)21(3)20-12)8-9-18(22)19-15-10-14-6-4-5-7-17(14)23-11-15/h4-7,15H,8-11H2,1-3H3,(H,19,22). The lowest BCUT2D eigenvalue weighted by Crippen LogP contribution is -2.42. The first-order valence-corrected chi connectivity index (χ1v) is 8.03. The minimum Gasteiger partial charge on any atom is -0.491 e. The number of ether oxygens (including phenoxy) is 1. The summed E-state index contributed by atoms with van der Waals surface area (Å²) in [6, 6.07) is 8.04. The number of aromatic nitrogens is 2. The van der Waals surface area contributed by atoms with Crippen molar-refractivity contribution in [3.05, 3.63) is 46.8 Å². The largest absolute Gasteiger partial charge is 0.491 e. The van der Waals surface area contributed by atoms with Crippen LogP contribution < -0.4 is 10.1 Å². The van der Waals surface area contributed by atoms with Crippen molar-refractivity contribution in [1.29, 1.82) is 0 Å². The monoisotopic (exact) mass is 313 g/mol. The maximum Gasteiger partial charge on any atom is 0.220 e. The van der Waals surface area contributed by atoms with Crippen LogP contribution >= 0.6 is 0 Å². The molecular formula is C18H23N3O2. The summed E-state index contributed by atoms with van der Waals surface area (Å²) in [4.78, 5) is 12.2. The fourth-order valence-electron chi connectivity index (χ4n) is 3.14. The Bertz CT molecular complexity index is 721. The summed E-state index contributed by atoms with van der Waals surface area (Å²) < 4.78 is 7.58. The van der Waals surface area contributed by atoms with Crippen molar-refractivity contribution in [3.8, 4) is 5.75 Å². The Labute approximate surface area is 136 Å². The fraction of sp³-hybridized carbons (Fsp3) is 0.444. The number of hydrogen-bond donors (Lipinski definition) is 1. The summed E-state index contributed by atoms with van der Waals surface area (Å²) >= 11 is 0. The molecule has 0 saturated heterocycles. The number of amides is 1. The number of aryl methyl sites for hydroxylation is 2. The number of rotatable bonds is 4. The molecule has 2 aromatic rings. The van der Waals surface area contributed by atoms with Crippen molar-refractivity contribution in [2.75, 3.05) is 6.61 Å². The van der Waals surface area contributed by atoms with Crippen LogP contribution in [0, 0.1) is 13.8 Å².